The number of aromatic nitrogens is 1. The van der Waals surface area contributed by atoms with E-state index in [0.717, 1.165) is 42.1 Å². The average molecular weight is 455 g/mol. The third-order valence-electron chi connectivity index (χ3n) is 5.55. The minimum absolute atomic E-state index is 0.0551. The molecular weight excluding hydrogens is 428 g/mol. The predicted octanol–water partition coefficient (Wildman–Crippen LogP) is 4.73. The third kappa shape index (κ3) is 5.16. The first kappa shape index (κ1) is 22.0. The molecule has 1 aromatic heterocycles. The fraction of sp³-hybridized carbons (Fsp3) is 0.333. The first-order chi connectivity index (χ1) is 15.5. The zero-order valence-electron chi connectivity index (χ0n) is 18.3. The topological polar surface area (TPSA) is 70.8 Å². The lowest BCUT2D eigenvalue weighted by Crippen LogP contribution is -2.41. The lowest BCUT2D eigenvalue weighted by Gasteiger charge is -2.24. The van der Waals surface area contributed by atoms with Crippen LogP contribution in [0.2, 0.25) is 5.02 Å². The van der Waals surface area contributed by atoms with Gasteiger partial charge in [0.2, 0.25) is 0 Å². The van der Waals surface area contributed by atoms with Gasteiger partial charge < -0.3 is 24.3 Å². The number of hydrogen-bond donors (Lipinski definition) is 1. The zero-order chi connectivity index (χ0) is 22.5. The Morgan fingerprint density at radius 2 is 2.06 bits per heavy atom. The molecule has 0 atom stereocenters. The Kier molecular flexibility index (Phi) is 6.85. The number of oxazole rings is 1. The van der Waals surface area contributed by atoms with Crippen molar-refractivity contribution < 1.29 is 13.9 Å². The number of hydrogen-bond acceptors (Lipinski definition) is 5. The number of urea groups is 1. The monoisotopic (exact) mass is 454 g/mol. The molecule has 1 N–H and O–H groups in total. The highest BCUT2D eigenvalue weighted by Crippen LogP contribution is 2.34. The van der Waals surface area contributed by atoms with Crippen molar-refractivity contribution in [1.29, 1.82) is 0 Å². The summed E-state index contributed by atoms with van der Waals surface area (Å²) in [5, 5.41) is 3.67. The van der Waals surface area contributed by atoms with Crippen LogP contribution in [0.5, 0.6) is 5.75 Å². The quantitative estimate of drug-likeness (QED) is 0.603. The highest BCUT2D eigenvalue weighted by atomic mass is 35.5. The molecule has 2 heterocycles. The first-order valence-electron chi connectivity index (χ1n) is 10.7. The van der Waals surface area contributed by atoms with E-state index in [9.17, 15) is 4.79 Å². The molecule has 0 unspecified atom stereocenters. The van der Waals surface area contributed by atoms with Crippen LogP contribution in [-0.2, 0) is 6.54 Å². The summed E-state index contributed by atoms with van der Waals surface area (Å²) in [5.41, 5.74) is 2.91. The molecule has 168 valence electrons. The molecule has 0 spiro atoms. The van der Waals surface area contributed by atoms with E-state index >= 15 is 0 Å². The molecule has 1 aliphatic heterocycles. The van der Waals surface area contributed by atoms with Crippen molar-refractivity contribution in [2.75, 3.05) is 38.2 Å². The fourth-order valence-electron chi connectivity index (χ4n) is 3.88. The van der Waals surface area contributed by atoms with Crippen molar-refractivity contribution in [1.82, 2.24) is 15.2 Å². The summed E-state index contributed by atoms with van der Waals surface area (Å²) in [4.78, 5) is 21.0. The van der Waals surface area contributed by atoms with E-state index < -0.39 is 0 Å². The Bertz CT molecular complexity index is 1080. The number of aryl methyl sites for hydroxylation is 1. The second kappa shape index (κ2) is 9.96. The van der Waals surface area contributed by atoms with Gasteiger partial charge in [-0.3, -0.25) is 0 Å². The van der Waals surface area contributed by atoms with Crippen LogP contribution in [0.3, 0.4) is 0 Å². The number of nitrogens with zero attached hydrogens (tertiary/aromatic N) is 3. The van der Waals surface area contributed by atoms with Crippen LogP contribution in [0, 0.1) is 6.92 Å². The molecule has 1 aliphatic rings. The lowest BCUT2D eigenvalue weighted by molar-refractivity contribution is 0.201. The molecule has 0 radical (unpaired) electrons. The molecule has 0 aliphatic carbocycles. The van der Waals surface area contributed by atoms with Gasteiger partial charge in [-0.25, -0.2) is 9.78 Å². The molecular formula is C24H27ClN4O3. The standard InChI is InChI=1S/C24H27ClN4O3/c1-17-26-16-23(32-17)21-8-7-20(14-22(21)31-2)28-9-4-10-29(12-11-28)24(30)27-15-18-5-3-6-19(25)13-18/h3,5-8,13-14,16H,4,9-12,15H2,1-2H3,(H,27,30). The molecule has 0 saturated carbocycles. The maximum absolute atomic E-state index is 12.7. The lowest BCUT2D eigenvalue weighted by atomic mass is 10.1. The van der Waals surface area contributed by atoms with Crippen molar-refractivity contribution >= 4 is 23.3 Å². The summed E-state index contributed by atoms with van der Waals surface area (Å²) in [6.45, 7) is 5.24. The van der Waals surface area contributed by atoms with Crippen molar-refractivity contribution in [2.45, 2.75) is 19.9 Å². The predicted molar refractivity (Wildman–Crippen MR) is 125 cm³/mol. The molecule has 2 aromatic carbocycles. The number of benzene rings is 2. The Balaban J connectivity index is 1.39. The fourth-order valence-corrected chi connectivity index (χ4v) is 4.09. The molecule has 7 nitrogen and oxygen atoms in total. The number of amides is 2. The largest absolute Gasteiger partial charge is 0.496 e. The second-order valence-electron chi connectivity index (χ2n) is 7.74. The number of nitrogens with one attached hydrogen (secondary N) is 1. The second-order valence-corrected chi connectivity index (χ2v) is 8.18. The van der Waals surface area contributed by atoms with Gasteiger partial charge in [-0.05, 0) is 36.2 Å². The Morgan fingerprint density at radius 1 is 1.19 bits per heavy atom. The van der Waals surface area contributed by atoms with E-state index in [2.05, 4.69) is 21.3 Å². The summed E-state index contributed by atoms with van der Waals surface area (Å²) in [6.07, 6.45) is 2.59. The van der Waals surface area contributed by atoms with Gasteiger partial charge in [-0.1, -0.05) is 23.7 Å². The van der Waals surface area contributed by atoms with Gasteiger partial charge in [0.05, 0.1) is 18.9 Å². The van der Waals surface area contributed by atoms with Gasteiger partial charge in [-0.15, -0.1) is 0 Å². The van der Waals surface area contributed by atoms with Crippen LogP contribution in [0.1, 0.15) is 17.9 Å². The highest BCUT2D eigenvalue weighted by Gasteiger charge is 2.20. The third-order valence-corrected chi connectivity index (χ3v) is 5.79. The van der Waals surface area contributed by atoms with E-state index in [4.69, 9.17) is 20.8 Å². The number of anilines is 1. The number of carbonyl (C=O) groups is 1. The summed E-state index contributed by atoms with van der Waals surface area (Å²) in [6, 6.07) is 13.5. The Labute approximate surface area is 192 Å². The summed E-state index contributed by atoms with van der Waals surface area (Å²) < 4.78 is 11.3. The normalized spacial score (nSPS) is 14.2. The van der Waals surface area contributed by atoms with Crippen molar-refractivity contribution in [2.24, 2.45) is 0 Å². The van der Waals surface area contributed by atoms with E-state index in [1.165, 1.54) is 0 Å². The minimum atomic E-state index is -0.0551. The molecule has 3 aromatic rings. The molecule has 32 heavy (non-hydrogen) atoms. The van der Waals surface area contributed by atoms with Gasteiger partial charge in [0.15, 0.2) is 11.7 Å². The van der Waals surface area contributed by atoms with Crippen molar-refractivity contribution in [3.05, 3.63) is 65.1 Å². The molecule has 8 heteroatoms. The number of halogens is 1. The zero-order valence-corrected chi connectivity index (χ0v) is 19.1. The van der Waals surface area contributed by atoms with Gasteiger partial charge >= 0.3 is 6.03 Å². The summed E-state index contributed by atoms with van der Waals surface area (Å²) in [7, 11) is 1.65. The average Bonchev–Trinajstić information content (AvgIpc) is 3.08. The molecule has 2 amide bonds. The van der Waals surface area contributed by atoms with Gasteiger partial charge in [0.25, 0.3) is 0 Å². The summed E-state index contributed by atoms with van der Waals surface area (Å²) >= 11 is 6.03. The minimum Gasteiger partial charge on any atom is -0.496 e. The molecule has 0 bridgehead atoms. The van der Waals surface area contributed by atoms with Gasteiger partial charge in [0.1, 0.15) is 5.75 Å². The van der Waals surface area contributed by atoms with Gasteiger partial charge in [-0.2, -0.15) is 0 Å². The van der Waals surface area contributed by atoms with Crippen molar-refractivity contribution in [3.63, 3.8) is 0 Å². The van der Waals surface area contributed by atoms with Gasteiger partial charge in [0, 0.05) is 56.4 Å². The summed E-state index contributed by atoms with van der Waals surface area (Å²) in [5.74, 6) is 2.04. The Morgan fingerprint density at radius 3 is 2.81 bits per heavy atom. The maximum Gasteiger partial charge on any atom is 0.317 e. The molecule has 4 rings (SSSR count). The number of rotatable bonds is 5. The van der Waals surface area contributed by atoms with Crippen LogP contribution in [0.4, 0.5) is 10.5 Å². The highest BCUT2D eigenvalue weighted by molar-refractivity contribution is 6.30. The number of carbonyl (C=O) groups excluding carboxylic acids is 1. The number of ether oxygens (including phenoxy) is 1. The smallest absolute Gasteiger partial charge is 0.317 e. The van der Waals surface area contributed by atoms with Crippen LogP contribution in [0.15, 0.2) is 53.1 Å². The first-order valence-corrected chi connectivity index (χ1v) is 11.0. The maximum atomic E-state index is 12.7. The van der Waals surface area contributed by atoms with E-state index in [1.54, 1.807) is 13.3 Å². The van der Waals surface area contributed by atoms with E-state index in [0.29, 0.717) is 36.3 Å². The van der Waals surface area contributed by atoms with Crippen molar-refractivity contribution in [3.8, 4) is 17.1 Å². The SMILES string of the molecule is COc1cc(N2CCCN(C(=O)NCc3cccc(Cl)c3)CC2)ccc1-c1cnc(C)o1. The number of methoxy groups -OCH3 is 1. The molecule has 1 fully saturated rings. The van der Waals surface area contributed by atoms with Crippen LogP contribution < -0.4 is 15.0 Å². The Hall–Kier alpha value is -3.19. The van der Waals surface area contributed by atoms with E-state index in [1.807, 2.05) is 48.2 Å². The van der Waals surface area contributed by atoms with Crippen LogP contribution in [0.25, 0.3) is 11.3 Å². The van der Waals surface area contributed by atoms with Crippen LogP contribution >= 0.6 is 11.6 Å². The van der Waals surface area contributed by atoms with E-state index in [-0.39, 0.29) is 6.03 Å². The van der Waals surface area contributed by atoms with Crippen LogP contribution in [-0.4, -0.2) is 49.2 Å². The molecule has 1 saturated heterocycles.